The molecular weight excluding hydrogens is 573 g/mol. The molecule has 1 atom stereocenters. The van der Waals surface area contributed by atoms with Gasteiger partial charge < -0.3 is 0 Å². The van der Waals surface area contributed by atoms with Crippen molar-refractivity contribution >= 4 is 59.7 Å². The van der Waals surface area contributed by atoms with E-state index in [1.165, 1.54) is 15.9 Å². The van der Waals surface area contributed by atoms with Crippen molar-refractivity contribution in [1.29, 1.82) is 0 Å². The number of benzene rings is 3. The van der Waals surface area contributed by atoms with Gasteiger partial charge in [-0.15, -0.1) is 0 Å². The molecule has 3 aromatic rings. The summed E-state index contributed by atoms with van der Waals surface area (Å²) in [5.41, 5.74) is 0. The molecule has 3 aromatic carbocycles. The van der Waals surface area contributed by atoms with Crippen LogP contribution >= 0.6 is 32.6 Å². The quantitative estimate of drug-likeness (QED) is 0.179. The van der Waals surface area contributed by atoms with Crippen LogP contribution in [0.2, 0.25) is 0 Å². The molecule has 1 aliphatic rings. The van der Waals surface area contributed by atoms with Crippen LogP contribution in [0.5, 0.6) is 0 Å². The van der Waals surface area contributed by atoms with Crippen molar-refractivity contribution < 1.29 is 23.8 Å². The van der Waals surface area contributed by atoms with Crippen LogP contribution in [-0.2, 0) is 19.0 Å². The third kappa shape index (κ3) is 6.44. The predicted octanol–water partition coefficient (Wildman–Crippen LogP) is 4.23. The molecule has 0 radical (unpaired) electrons. The summed E-state index contributed by atoms with van der Waals surface area (Å²) in [5, 5.41) is 3.14. The summed E-state index contributed by atoms with van der Waals surface area (Å²) in [5.74, 6) is -0.0236. The second-order valence-electron chi connectivity index (χ2n) is 8.60. The Hall–Kier alpha value is -2.22. The number of carbonyl (C=O) groups excluding carboxylic acids is 2. The number of esters is 1. The van der Waals surface area contributed by atoms with Gasteiger partial charge in [0.25, 0.3) is 5.24 Å². The zero-order valence-electron chi connectivity index (χ0n) is 20.5. The van der Waals surface area contributed by atoms with Crippen molar-refractivity contribution in [2.45, 2.75) is 6.04 Å². The molecule has 196 valence electrons. The second-order valence-corrected chi connectivity index (χ2v) is 18.7. The third-order valence-corrected chi connectivity index (χ3v) is 17.1. The van der Waals surface area contributed by atoms with Gasteiger partial charge in [-0.1, -0.05) is 11.8 Å². The number of amides is 1. The number of nitrogens with one attached hydrogen (secondary N) is 1. The monoisotopic (exact) mass is 603 g/mol. The van der Waals surface area contributed by atoms with Gasteiger partial charge in [-0.2, -0.15) is 0 Å². The van der Waals surface area contributed by atoms with E-state index >= 15 is 0 Å². The Kier molecular flexibility index (Phi) is 9.79. The van der Waals surface area contributed by atoms with Crippen molar-refractivity contribution in [3.8, 4) is 0 Å². The van der Waals surface area contributed by atoms with E-state index in [1.54, 1.807) is 0 Å². The van der Waals surface area contributed by atoms with Gasteiger partial charge in [-0.3, -0.25) is 4.79 Å². The van der Waals surface area contributed by atoms with Gasteiger partial charge in [0.15, 0.2) is 0 Å². The summed E-state index contributed by atoms with van der Waals surface area (Å²) in [6, 6.07) is 31.3. The van der Waals surface area contributed by atoms with Crippen LogP contribution < -0.4 is 21.2 Å². The van der Waals surface area contributed by atoms with Crippen molar-refractivity contribution in [3.63, 3.8) is 0 Å². The van der Waals surface area contributed by atoms with E-state index in [4.69, 9.17) is 14.2 Å². The number of carbonyl (C=O) groups is 2. The van der Waals surface area contributed by atoms with Gasteiger partial charge in [-0.05, 0) is 0 Å². The topological polar surface area (TPSA) is 73.9 Å². The number of rotatable bonds is 13. The Morgan fingerprint density at radius 2 is 1.24 bits per heavy atom. The van der Waals surface area contributed by atoms with Gasteiger partial charge in [0, 0.05) is 0 Å². The van der Waals surface area contributed by atoms with E-state index in [1.807, 2.05) is 18.2 Å². The van der Waals surface area contributed by atoms with Crippen LogP contribution in [-0.4, -0.2) is 62.2 Å². The Labute approximate surface area is 230 Å². The predicted molar refractivity (Wildman–Crippen MR) is 156 cm³/mol. The maximum absolute atomic E-state index is 11.9. The molecule has 0 spiro atoms. The minimum Gasteiger partial charge on any atom is -0.0623 e. The summed E-state index contributed by atoms with van der Waals surface area (Å²) >= 11 is 5.50. The smallest absolute Gasteiger partial charge is 0.0623 e. The summed E-state index contributed by atoms with van der Waals surface area (Å²) < 4.78 is 16.8. The fraction of sp³-hybridized carbons (Fsp3) is 0.286. The third-order valence-electron chi connectivity index (χ3n) is 6.34. The van der Waals surface area contributed by atoms with Crippen LogP contribution in [0.1, 0.15) is 0 Å². The van der Waals surface area contributed by atoms with E-state index < -0.39 is 17.3 Å². The molecule has 1 heterocycles. The minimum atomic E-state index is -2.99. The van der Waals surface area contributed by atoms with Crippen LogP contribution in [0.3, 0.4) is 0 Å². The fourth-order valence-corrected chi connectivity index (χ4v) is 12.3. The average Bonchev–Trinajstić information content (AvgIpc) is 3.40. The fourth-order valence-electron chi connectivity index (χ4n) is 4.42. The first-order valence-electron chi connectivity index (χ1n) is 12.2. The standard InChI is InChI=1S/C28H31BrNO5PS/c29-36(23-10-4-1-5-11-23,24-12-6-2-7-13-24,25-14-8-3-9-15-25)21-20-34-17-16-33-18-19-35-27(31)26-22-37-28(32)30-26/h1-15,26H,16-22H2,(H,30,32). The second kappa shape index (κ2) is 13.0. The molecule has 0 aromatic heterocycles. The van der Waals surface area contributed by atoms with Gasteiger partial charge in [-0.25, -0.2) is 0 Å². The van der Waals surface area contributed by atoms with Crippen molar-refractivity contribution in [3.05, 3.63) is 91.0 Å². The molecule has 1 amide bonds. The van der Waals surface area contributed by atoms with Crippen LogP contribution in [0, 0.1) is 0 Å². The minimum absolute atomic E-state index is 0.143. The number of hydrogen-bond acceptors (Lipinski definition) is 6. The molecule has 37 heavy (non-hydrogen) atoms. The first-order chi connectivity index (χ1) is 18.0. The molecule has 1 aliphatic heterocycles. The van der Waals surface area contributed by atoms with E-state index in [2.05, 4.69) is 93.6 Å². The van der Waals surface area contributed by atoms with Gasteiger partial charge in [0.1, 0.15) is 0 Å². The van der Waals surface area contributed by atoms with E-state index in [0.717, 1.165) is 17.9 Å². The molecule has 1 fully saturated rings. The molecule has 0 bridgehead atoms. The first-order valence-corrected chi connectivity index (χ1v) is 17.6. The molecule has 1 unspecified atom stereocenters. The van der Waals surface area contributed by atoms with E-state index in [-0.39, 0.29) is 18.5 Å². The molecule has 6 nitrogen and oxygen atoms in total. The van der Waals surface area contributed by atoms with E-state index in [9.17, 15) is 9.59 Å². The summed E-state index contributed by atoms with van der Waals surface area (Å²) in [6.07, 6.45) is 0.784. The Morgan fingerprint density at radius 1 is 0.784 bits per heavy atom. The zero-order valence-corrected chi connectivity index (χ0v) is 23.8. The van der Waals surface area contributed by atoms with Gasteiger partial charge in [0.2, 0.25) is 0 Å². The normalized spacial score (nSPS) is 16.5. The zero-order chi connectivity index (χ0) is 26.0. The van der Waals surface area contributed by atoms with Crippen molar-refractivity contribution in [1.82, 2.24) is 5.32 Å². The number of ether oxygens (including phenoxy) is 3. The number of thioether (sulfide) groups is 1. The Balaban J connectivity index is 1.35. The van der Waals surface area contributed by atoms with Crippen LogP contribution in [0.15, 0.2) is 91.0 Å². The van der Waals surface area contributed by atoms with E-state index in [0.29, 0.717) is 25.6 Å². The SMILES string of the molecule is O=C1NC(C(=O)OCCOCCOCCP(Br)(c2ccccc2)(c2ccccc2)c2ccccc2)CS1. The Bertz CT molecular complexity index is 1070. The molecular formula is C28H31BrNO5PS. The number of hydrogen-bond donors (Lipinski definition) is 1. The van der Waals surface area contributed by atoms with Crippen LogP contribution in [0.25, 0.3) is 0 Å². The Morgan fingerprint density at radius 3 is 1.70 bits per heavy atom. The molecule has 9 heteroatoms. The maximum atomic E-state index is 11.9. The molecule has 0 saturated carbocycles. The van der Waals surface area contributed by atoms with Crippen LogP contribution in [0.4, 0.5) is 4.79 Å². The summed E-state index contributed by atoms with van der Waals surface area (Å²) in [7, 11) is 0. The molecule has 0 aliphatic carbocycles. The number of halogens is 1. The first kappa shape index (κ1) is 27.8. The van der Waals surface area contributed by atoms with Crippen molar-refractivity contribution in [2.24, 2.45) is 0 Å². The molecule has 1 saturated heterocycles. The molecule has 4 rings (SSSR count). The van der Waals surface area contributed by atoms with Gasteiger partial charge in [0.05, 0.1) is 0 Å². The average molecular weight is 605 g/mol. The summed E-state index contributed by atoms with van der Waals surface area (Å²) in [6.45, 7) is 1.79. The van der Waals surface area contributed by atoms with Gasteiger partial charge >= 0.3 is 209 Å². The summed E-state index contributed by atoms with van der Waals surface area (Å²) in [4.78, 5) is 23.1. The van der Waals surface area contributed by atoms with Crippen molar-refractivity contribution in [2.75, 3.05) is 44.9 Å². The molecule has 1 N–H and O–H groups in total.